The van der Waals surface area contributed by atoms with E-state index >= 15 is 0 Å². The summed E-state index contributed by atoms with van der Waals surface area (Å²) in [4.78, 5) is 0. The first-order valence-electron chi connectivity index (χ1n) is 2.13. The van der Waals surface area contributed by atoms with Crippen LogP contribution < -0.4 is 0 Å². The van der Waals surface area contributed by atoms with E-state index in [0.717, 1.165) is 0 Å². The van der Waals surface area contributed by atoms with Gasteiger partial charge in [-0.3, -0.25) is 0 Å². The summed E-state index contributed by atoms with van der Waals surface area (Å²) in [7, 11) is 0. The van der Waals surface area contributed by atoms with Gasteiger partial charge in [-0.15, -0.1) is 0 Å². The smallest absolute Gasteiger partial charge is 0.115 e. The number of aromatic hydroxyl groups is 1. The molecule has 40 valence electrons. The van der Waals surface area contributed by atoms with Gasteiger partial charge in [0.25, 0.3) is 0 Å². The molecular weight excluding hydrogens is 320 g/mol. The molecule has 0 saturated heterocycles. The van der Waals surface area contributed by atoms with Gasteiger partial charge in [0.05, 0.1) is 0 Å². The molecule has 0 aliphatic carbocycles. The molecule has 0 spiro atoms. The Kier molecular flexibility index (Phi) is 4.43. The van der Waals surface area contributed by atoms with E-state index in [1.807, 2.05) is 6.07 Å². The fraction of sp³-hybridized carbons (Fsp3) is 0. The Labute approximate surface area is 80.4 Å². The zero-order chi connectivity index (χ0) is 5.11. The Morgan fingerprint density at radius 1 is 1.00 bits per heavy atom. The number of phenolic OH excluding ortho intramolecular Hbond substituents is 1. The van der Waals surface area contributed by atoms with Crippen molar-refractivity contribution in [2.24, 2.45) is 0 Å². The maximum Gasteiger partial charge on any atom is 0.115 e. The van der Waals surface area contributed by atoms with Crippen molar-refractivity contribution < 1.29 is 45.0 Å². The Bertz CT molecular complexity index is 138. The molecule has 0 saturated carbocycles. The van der Waals surface area contributed by atoms with Crippen molar-refractivity contribution in [2.45, 2.75) is 0 Å². The molecule has 0 amide bonds. The third-order valence-electron chi connectivity index (χ3n) is 0.756. The Hall–Kier alpha value is 0.345. The Balaban J connectivity index is 0.000000490. The van der Waals surface area contributed by atoms with Crippen LogP contribution in [0.15, 0.2) is 30.3 Å². The van der Waals surface area contributed by atoms with Crippen molar-refractivity contribution in [2.75, 3.05) is 0 Å². The standard InChI is InChI=1S/C6H6O.Th/c7-6-4-2-1-3-5-6;/h1-5,7H;. The third kappa shape index (κ3) is 2.60. The maximum atomic E-state index is 8.63. The minimum atomic E-state index is 0. The van der Waals surface area contributed by atoms with Gasteiger partial charge in [-0.1, -0.05) is 18.2 Å². The number of rotatable bonds is 0. The first kappa shape index (κ1) is 8.34. The fourth-order valence-electron chi connectivity index (χ4n) is 0.428. The molecule has 0 aliphatic rings. The van der Waals surface area contributed by atoms with Crippen LogP contribution in [0.2, 0.25) is 0 Å². The van der Waals surface area contributed by atoms with E-state index in [1.54, 1.807) is 24.3 Å². The van der Waals surface area contributed by atoms with Crippen molar-refractivity contribution in [3.8, 4) is 5.75 Å². The van der Waals surface area contributed by atoms with Crippen molar-refractivity contribution in [1.82, 2.24) is 0 Å². The van der Waals surface area contributed by atoms with E-state index in [2.05, 4.69) is 0 Å². The summed E-state index contributed by atoms with van der Waals surface area (Å²) in [5.41, 5.74) is 0. The van der Waals surface area contributed by atoms with Gasteiger partial charge in [0.2, 0.25) is 0 Å². The molecule has 1 nitrogen and oxygen atoms in total. The topological polar surface area (TPSA) is 20.2 Å². The minimum absolute atomic E-state index is 0. The number of para-hydroxylation sites is 1. The van der Waals surface area contributed by atoms with E-state index in [4.69, 9.17) is 5.11 Å². The first-order valence-corrected chi connectivity index (χ1v) is 2.13. The van der Waals surface area contributed by atoms with E-state index in [0.29, 0.717) is 5.75 Å². The second-order valence-electron chi connectivity index (χ2n) is 1.34. The van der Waals surface area contributed by atoms with Crippen molar-refractivity contribution >= 4 is 0 Å². The zero-order valence-corrected chi connectivity index (χ0v) is 8.44. The number of benzene rings is 1. The molecular formula is C6H6OTh. The molecule has 0 aromatic heterocycles. The van der Waals surface area contributed by atoms with E-state index in [1.165, 1.54) is 0 Å². The summed E-state index contributed by atoms with van der Waals surface area (Å²) in [6.45, 7) is 0. The molecule has 1 N–H and O–H groups in total. The maximum absolute atomic E-state index is 8.63. The zero-order valence-electron chi connectivity index (χ0n) is 4.33. The number of hydrogen-bond acceptors (Lipinski definition) is 1. The van der Waals surface area contributed by atoms with Gasteiger partial charge < -0.3 is 5.11 Å². The molecule has 0 aliphatic heterocycles. The molecule has 1 rings (SSSR count). The van der Waals surface area contributed by atoms with Crippen LogP contribution in [0.3, 0.4) is 0 Å². The second kappa shape index (κ2) is 4.25. The Morgan fingerprint density at radius 3 is 1.75 bits per heavy atom. The monoisotopic (exact) mass is 326 g/mol. The predicted octanol–water partition coefficient (Wildman–Crippen LogP) is 1.39. The molecule has 0 unspecified atom stereocenters. The van der Waals surface area contributed by atoms with Crippen molar-refractivity contribution in [3.05, 3.63) is 30.3 Å². The van der Waals surface area contributed by atoms with Gasteiger partial charge in [0.1, 0.15) is 5.75 Å². The van der Waals surface area contributed by atoms with Crippen LogP contribution in [0.1, 0.15) is 0 Å². The van der Waals surface area contributed by atoms with Gasteiger partial charge in [0.15, 0.2) is 0 Å². The van der Waals surface area contributed by atoms with Gasteiger partial charge in [-0.2, -0.15) is 0 Å². The average Bonchev–Trinajstić information content (AvgIpc) is 1.69. The van der Waals surface area contributed by atoms with E-state index in [9.17, 15) is 0 Å². The van der Waals surface area contributed by atoms with E-state index in [-0.39, 0.29) is 39.9 Å². The number of hydrogen-bond donors (Lipinski definition) is 1. The summed E-state index contributed by atoms with van der Waals surface area (Å²) >= 11 is 0. The summed E-state index contributed by atoms with van der Waals surface area (Å²) in [5.74, 6) is 0.322. The summed E-state index contributed by atoms with van der Waals surface area (Å²) in [6.07, 6.45) is 0. The van der Waals surface area contributed by atoms with Crippen LogP contribution in [0.5, 0.6) is 5.75 Å². The molecule has 0 heterocycles. The second-order valence-corrected chi connectivity index (χ2v) is 1.34. The van der Waals surface area contributed by atoms with Crippen LogP contribution >= 0.6 is 0 Å². The third-order valence-corrected chi connectivity index (χ3v) is 0.756. The molecule has 0 fully saturated rings. The SMILES string of the molecule is Oc1ccccc1.[Th]. The average molecular weight is 326 g/mol. The minimum Gasteiger partial charge on any atom is -0.508 e. The van der Waals surface area contributed by atoms with Crippen LogP contribution in [-0.2, 0) is 0 Å². The molecule has 2 heteroatoms. The van der Waals surface area contributed by atoms with Crippen LogP contribution in [0.25, 0.3) is 0 Å². The quantitative estimate of drug-likeness (QED) is 0.764. The first-order chi connectivity index (χ1) is 3.39. The number of phenols is 1. The van der Waals surface area contributed by atoms with Crippen molar-refractivity contribution in [1.29, 1.82) is 0 Å². The van der Waals surface area contributed by atoms with Crippen LogP contribution in [-0.4, -0.2) is 5.11 Å². The van der Waals surface area contributed by atoms with Gasteiger partial charge in [0, 0.05) is 39.9 Å². The van der Waals surface area contributed by atoms with Gasteiger partial charge in [-0.05, 0) is 12.1 Å². The molecule has 0 radical (unpaired) electrons. The summed E-state index contributed by atoms with van der Waals surface area (Å²) in [6, 6.07) is 8.71. The molecule has 0 atom stereocenters. The Morgan fingerprint density at radius 2 is 1.50 bits per heavy atom. The molecule has 0 bridgehead atoms. The predicted molar refractivity (Wildman–Crippen MR) is 28.1 cm³/mol. The van der Waals surface area contributed by atoms with Gasteiger partial charge >= 0.3 is 0 Å². The van der Waals surface area contributed by atoms with Crippen LogP contribution in [0, 0.1) is 39.9 Å². The summed E-state index contributed by atoms with van der Waals surface area (Å²) < 4.78 is 0. The van der Waals surface area contributed by atoms with E-state index < -0.39 is 0 Å². The fourth-order valence-corrected chi connectivity index (χ4v) is 0.428. The normalized spacial score (nSPS) is 7.50. The molecule has 1 aromatic rings. The summed E-state index contributed by atoms with van der Waals surface area (Å²) in [5, 5.41) is 8.63. The molecule has 1 aromatic carbocycles. The van der Waals surface area contributed by atoms with Crippen LogP contribution in [0.4, 0.5) is 0 Å². The van der Waals surface area contributed by atoms with Crippen molar-refractivity contribution in [3.63, 3.8) is 0 Å². The molecule has 8 heavy (non-hydrogen) atoms. The largest absolute Gasteiger partial charge is 0.508 e. The van der Waals surface area contributed by atoms with Gasteiger partial charge in [-0.25, -0.2) is 0 Å².